The third-order valence-electron chi connectivity index (χ3n) is 1.28. The van der Waals surface area contributed by atoms with Crippen molar-refractivity contribution in [3.05, 3.63) is 29.0 Å². The van der Waals surface area contributed by atoms with Crippen LogP contribution in [-0.2, 0) is 10.1 Å². The number of rotatable bonds is 1. The van der Waals surface area contributed by atoms with Crippen LogP contribution in [-0.4, -0.2) is 34.5 Å². The number of carbonyl (C=O) groups is 1. The van der Waals surface area contributed by atoms with Crippen molar-refractivity contribution in [1.82, 2.24) is 4.98 Å². The van der Waals surface area contributed by atoms with Crippen molar-refractivity contribution in [2.75, 3.05) is 0 Å². The second kappa shape index (κ2) is 5.98. The van der Waals surface area contributed by atoms with Crippen molar-refractivity contribution in [1.29, 1.82) is 0 Å². The normalized spacial score (nSPS) is 11.4. The smallest absolute Gasteiger partial charge is 0.478 e. The molecule has 0 aliphatic heterocycles. The van der Waals surface area contributed by atoms with Gasteiger partial charge in [-0.25, -0.2) is 9.78 Å². The van der Waals surface area contributed by atoms with E-state index in [9.17, 15) is 18.0 Å². The fourth-order valence-electron chi connectivity index (χ4n) is 0.546. The van der Waals surface area contributed by atoms with Gasteiger partial charge in [0, 0.05) is 6.20 Å². The first-order chi connectivity index (χ1) is 7.97. The van der Waals surface area contributed by atoms with Crippen molar-refractivity contribution in [2.45, 2.75) is 5.51 Å². The summed E-state index contributed by atoms with van der Waals surface area (Å²) in [6.07, 6.45) is 1.44. The molecule has 0 aliphatic carbocycles. The summed E-state index contributed by atoms with van der Waals surface area (Å²) in [6.45, 7) is 0. The van der Waals surface area contributed by atoms with Gasteiger partial charge in [0.15, 0.2) is 0 Å². The lowest BCUT2D eigenvalue weighted by Crippen LogP contribution is -2.21. The molecule has 0 radical (unpaired) electrons. The van der Waals surface area contributed by atoms with Gasteiger partial charge in [0.2, 0.25) is 0 Å². The lowest BCUT2D eigenvalue weighted by Gasteiger charge is -1.97. The highest BCUT2D eigenvalue weighted by Crippen LogP contribution is 2.20. The Hall–Kier alpha value is -1.39. The molecule has 1 heterocycles. The highest BCUT2D eigenvalue weighted by Gasteiger charge is 2.44. The quantitative estimate of drug-likeness (QED) is 0.466. The molecule has 11 heteroatoms. The summed E-state index contributed by atoms with van der Waals surface area (Å²) in [7, 11) is -5.84. The number of halogens is 4. The Bertz CT molecular complexity index is 530. The lowest BCUT2D eigenvalue weighted by molar-refractivity contribution is -0.0510. The van der Waals surface area contributed by atoms with Crippen LogP contribution >= 0.6 is 11.6 Å². The van der Waals surface area contributed by atoms with Crippen molar-refractivity contribution in [3.63, 3.8) is 0 Å². The average molecular weight is 308 g/mol. The zero-order valence-corrected chi connectivity index (χ0v) is 9.79. The third-order valence-corrected chi connectivity index (χ3v) is 2.17. The first kappa shape index (κ1) is 16.6. The topological polar surface area (TPSA) is 105 Å². The highest BCUT2D eigenvalue weighted by molar-refractivity contribution is 7.86. The maximum atomic E-state index is 10.7. The highest BCUT2D eigenvalue weighted by atomic mass is 35.5. The van der Waals surface area contributed by atoms with E-state index in [2.05, 4.69) is 4.98 Å². The standard InChI is InChI=1S/C6H4ClNO2.CHF3O3S/c7-5-4(6(9)10)2-1-3-8-5;2-1(3,4)8(5,6)7/h1-3H,(H,9,10);(H,5,6,7). The van der Waals surface area contributed by atoms with Crippen LogP contribution in [0.5, 0.6) is 0 Å². The van der Waals surface area contributed by atoms with Crippen molar-refractivity contribution >= 4 is 27.7 Å². The van der Waals surface area contributed by atoms with Gasteiger partial charge in [-0.1, -0.05) is 11.6 Å². The number of nitrogens with zero attached hydrogens (tertiary/aromatic N) is 1. The fourth-order valence-corrected chi connectivity index (χ4v) is 0.746. The molecule has 1 aromatic heterocycles. The van der Waals surface area contributed by atoms with Gasteiger partial charge in [-0.15, -0.1) is 0 Å². The second-order valence-electron chi connectivity index (χ2n) is 2.57. The van der Waals surface area contributed by atoms with Gasteiger partial charge < -0.3 is 5.11 Å². The maximum Gasteiger partial charge on any atom is 0.522 e. The number of pyridine rings is 1. The molecule has 0 atom stereocenters. The van der Waals surface area contributed by atoms with Crippen molar-refractivity contribution < 1.29 is 36.0 Å². The summed E-state index contributed by atoms with van der Waals surface area (Å²) in [4.78, 5) is 13.9. The van der Waals surface area contributed by atoms with Crippen LogP contribution in [0.2, 0.25) is 5.15 Å². The van der Waals surface area contributed by atoms with Crippen molar-refractivity contribution in [2.24, 2.45) is 0 Å². The number of aromatic carboxylic acids is 1. The minimum Gasteiger partial charge on any atom is -0.478 e. The van der Waals surface area contributed by atoms with Crippen LogP contribution in [0.3, 0.4) is 0 Å². The van der Waals surface area contributed by atoms with Crippen LogP contribution < -0.4 is 0 Å². The average Bonchev–Trinajstić information content (AvgIpc) is 2.15. The Balaban J connectivity index is 0.000000331. The van der Waals surface area contributed by atoms with E-state index in [-0.39, 0.29) is 10.7 Å². The molecule has 0 amide bonds. The predicted octanol–water partition coefficient (Wildman–Crippen LogP) is 1.83. The van der Waals surface area contributed by atoms with Gasteiger partial charge in [0.05, 0.1) is 5.56 Å². The molecule has 1 rings (SSSR count). The maximum absolute atomic E-state index is 10.7. The molecule has 6 nitrogen and oxygen atoms in total. The Kier molecular flexibility index (Phi) is 5.52. The number of hydrogen-bond acceptors (Lipinski definition) is 4. The first-order valence-corrected chi connectivity index (χ1v) is 5.66. The van der Waals surface area contributed by atoms with Gasteiger partial charge in [0.25, 0.3) is 0 Å². The van der Waals surface area contributed by atoms with Crippen LogP contribution in [0.15, 0.2) is 18.3 Å². The number of aromatic nitrogens is 1. The summed E-state index contributed by atoms with van der Waals surface area (Å²) < 4.78 is 57.5. The molecular weight excluding hydrogens is 303 g/mol. The lowest BCUT2D eigenvalue weighted by atomic mass is 10.3. The van der Waals surface area contributed by atoms with Crippen molar-refractivity contribution in [3.8, 4) is 0 Å². The fraction of sp³-hybridized carbons (Fsp3) is 0.143. The Labute approximate surface area is 104 Å². The third kappa shape index (κ3) is 5.29. The summed E-state index contributed by atoms with van der Waals surface area (Å²) >= 11 is 5.43. The number of carboxylic acids is 1. The summed E-state index contributed by atoms with van der Waals surface area (Å²) in [6, 6.07) is 2.92. The van der Waals surface area contributed by atoms with E-state index in [1.54, 1.807) is 0 Å². The molecular formula is C7H5ClF3NO5S. The molecule has 0 fully saturated rings. The van der Waals surface area contributed by atoms with Crippen LogP contribution in [0.1, 0.15) is 10.4 Å². The molecule has 1 aromatic rings. The SMILES string of the molecule is O=C(O)c1cccnc1Cl.O=S(=O)(O)C(F)(F)F. The van der Waals surface area contributed by atoms with Crippen LogP contribution in [0.25, 0.3) is 0 Å². The van der Waals surface area contributed by atoms with Gasteiger partial charge in [-0.05, 0) is 12.1 Å². The largest absolute Gasteiger partial charge is 0.522 e. The molecule has 0 saturated carbocycles. The Morgan fingerprint density at radius 1 is 1.39 bits per heavy atom. The molecule has 0 saturated heterocycles. The molecule has 0 aromatic carbocycles. The van der Waals surface area contributed by atoms with E-state index in [0.29, 0.717) is 0 Å². The number of hydrogen-bond donors (Lipinski definition) is 2. The summed E-state index contributed by atoms with van der Waals surface area (Å²) in [5.41, 5.74) is -5.50. The van der Waals surface area contributed by atoms with E-state index < -0.39 is 21.6 Å². The monoisotopic (exact) mass is 307 g/mol. The van der Waals surface area contributed by atoms with E-state index in [1.165, 1.54) is 18.3 Å². The predicted molar refractivity (Wildman–Crippen MR) is 53.8 cm³/mol. The Morgan fingerprint density at radius 3 is 2.06 bits per heavy atom. The van der Waals surface area contributed by atoms with Gasteiger partial charge in [-0.2, -0.15) is 21.6 Å². The summed E-state index contributed by atoms with van der Waals surface area (Å²) in [5, 5.41) is 8.46. The zero-order chi connectivity index (χ0) is 14.6. The number of carboxylic acid groups (broad SMARTS) is 1. The minimum atomic E-state index is -5.84. The first-order valence-electron chi connectivity index (χ1n) is 3.84. The van der Waals surface area contributed by atoms with E-state index >= 15 is 0 Å². The number of alkyl halides is 3. The molecule has 18 heavy (non-hydrogen) atoms. The van der Waals surface area contributed by atoms with E-state index in [4.69, 9.17) is 29.7 Å². The second-order valence-corrected chi connectivity index (χ2v) is 4.34. The molecule has 0 bridgehead atoms. The molecule has 0 aliphatic rings. The van der Waals surface area contributed by atoms with Crippen LogP contribution in [0, 0.1) is 0 Å². The summed E-state index contributed by atoms with van der Waals surface area (Å²) in [5.74, 6) is -1.06. The Morgan fingerprint density at radius 2 is 1.83 bits per heavy atom. The molecule has 0 spiro atoms. The van der Waals surface area contributed by atoms with E-state index in [0.717, 1.165) is 0 Å². The molecule has 102 valence electrons. The molecule has 2 N–H and O–H groups in total. The zero-order valence-electron chi connectivity index (χ0n) is 8.22. The van der Waals surface area contributed by atoms with Gasteiger partial charge in [-0.3, -0.25) is 4.55 Å². The minimum absolute atomic E-state index is 0.0231. The van der Waals surface area contributed by atoms with Gasteiger partial charge in [0.1, 0.15) is 5.15 Å². The van der Waals surface area contributed by atoms with Crippen LogP contribution in [0.4, 0.5) is 13.2 Å². The van der Waals surface area contributed by atoms with Gasteiger partial charge >= 0.3 is 21.6 Å². The molecule has 0 unspecified atom stereocenters. The van der Waals surface area contributed by atoms with E-state index in [1.807, 2.05) is 0 Å².